The Hall–Kier alpha value is -1.13. The summed E-state index contributed by atoms with van der Waals surface area (Å²) in [5.41, 5.74) is 2.53. The summed E-state index contributed by atoms with van der Waals surface area (Å²) in [5, 5.41) is 3.61. The van der Waals surface area contributed by atoms with E-state index < -0.39 is 0 Å². The molecule has 21 heavy (non-hydrogen) atoms. The summed E-state index contributed by atoms with van der Waals surface area (Å²) in [5.74, 6) is 1.18. The maximum Gasteiger partial charge on any atom is 0.129 e. The van der Waals surface area contributed by atoms with Gasteiger partial charge in [0.05, 0.1) is 0 Å². The van der Waals surface area contributed by atoms with Gasteiger partial charge in [-0.1, -0.05) is 0 Å². The van der Waals surface area contributed by atoms with Crippen molar-refractivity contribution in [1.82, 2.24) is 15.2 Å². The third-order valence-electron chi connectivity index (χ3n) is 4.87. The van der Waals surface area contributed by atoms with Gasteiger partial charge >= 0.3 is 0 Å². The highest BCUT2D eigenvalue weighted by atomic mass is 15.3. The Morgan fingerprint density at radius 2 is 1.86 bits per heavy atom. The van der Waals surface area contributed by atoms with Gasteiger partial charge in [0.1, 0.15) is 5.82 Å². The molecular formula is C17H26N4. The Balaban J connectivity index is 1.41. The second kappa shape index (κ2) is 5.58. The quantitative estimate of drug-likeness (QED) is 0.896. The molecule has 3 aliphatic rings. The van der Waals surface area contributed by atoms with Gasteiger partial charge in [0.2, 0.25) is 0 Å². The molecule has 1 aliphatic heterocycles. The monoisotopic (exact) mass is 286 g/mol. The minimum atomic E-state index is 0.768. The standard InChI is InChI=1S/C17H26N4/c1-13-10-14(12-18-15-2-3-15)11-17(19-13)21-8-6-20(7-9-21)16-4-5-16/h10-11,15-16,18H,2-9,12H2,1H3. The summed E-state index contributed by atoms with van der Waals surface area (Å²) in [7, 11) is 0. The molecule has 0 spiro atoms. The predicted octanol–water partition coefficient (Wildman–Crippen LogP) is 1.93. The number of aromatic nitrogens is 1. The highest BCUT2D eigenvalue weighted by Gasteiger charge is 2.31. The van der Waals surface area contributed by atoms with E-state index in [2.05, 4.69) is 34.2 Å². The Kier molecular flexibility index (Phi) is 3.59. The third kappa shape index (κ3) is 3.38. The van der Waals surface area contributed by atoms with Crippen molar-refractivity contribution in [2.24, 2.45) is 0 Å². The van der Waals surface area contributed by atoms with Crippen LogP contribution >= 0.6 is 0 Å². The topological polar surface area (TPSA) is 31.4 Å². The van der Waals surface area contributed by atoms with E-state index in [-0.39, 0.29) is 0 Å². The second-order valence-corrected chi connectivity index (χ2v) is 6.88. The number of anilines is 1. The number of piperazine rings is 1. The van der Waals surface area contributed by atoms with E-state index in [4.69, 9.17) is 4.98 Å². The van der Waals surface area contributed by atoms with Crippen molar-refractivity contribution < 1.29 is 0 Å². The molecule has 1 aromatic rings. The van der Waals surface area contributed by atoms with Crippen LogP contribution in [0.15, 0.2) is 12.1 Å². The smallest absolute Gasteiger partial charge is 0.129 e. The number of aryl methyl sites for hydroxylation is 1. The van der Waals surface area contributed by atoms with E-state index in [0.29, 0.717) is 0 Å². The molecule has 4 rings (SSSR count). The molecule has 0 bridgehead atoms. The molecule has 1 N–H and O–H groups in total. The van der Waals surface area contributed by atoms with Gasteiger partial charge in [0.25, 0.3) is 0 Å². The lowest BCUT2D eigenvalue weighted by molar-refractivity contribution is 0.247. The lowest BCUT2D eigenvalue weighted by Crippen LogP contribution is -2.47. The zero-order valence-corrected chi connectivity index (χ0v) is 13.0. The van der Waals surface area contributed by atoms with E-state index in [1.807, 2.05) is 0 Å². The van der Waals surface area contributed by atoms with Gasteiger partial charge in [-0.25, -0.2) is 4.98 Å². The van der Waals surface area contributed by atoms with Crippen molar-refractivity contribution in [1.29, 1.82) is 0 Å². The Bertz CT molecular complexity index is 500. The number of nitrogens with zero attached hydrogens (tertiary/aromatic N) is 3. The van der Waals surface area contributed by atoms with Crippen molar-refractivity contribution in [2.75, 3.05) is 31.1 Å². The van der Waals surface area contributed by atoms with Crippen LogP contribution in [0.3, 0.4) is 0 Å². The molecule has 0 unspecified atom stereocenters. The molecule has 1 aromatic heterocycles. The van der Waals surface area contributed by atoms with Gasteiger partial charge in [-0.2, -0.15) is 0 Å². The van der Waals surface area contributed by atoms with Crippen LogP contribution in [0.5, 0.6) is 0 Å². The molecule has 0 radical (unpaired) electrons. The minimum absolute atomic E-state index is 0.768. The third-order valence-corrected chi connectivity index (χ3v) is 4.87. The van der Waals surface area contributed by atoms with E-state index in [0.717, 1.165) is 37.4 Å². The molecule has 3 fully saturated rings. The molecule has 4 heteroatoms. The van der Waals surface area contributed by atoms with Crippen molar-refractivity contribution in [2.45, 2.75) is 51.2 Å². The van der Waals surface area contributed by atoms with Crippen LogP contribution in [0.4, 0.5) is 5.82 Å². The van der Waals surface area contributed by atoms with Crippen LogP contribution in [-0.4, -0.2) is 48.1 Å². The Morgan fingerprint density at radius 3 is 2.52 bits per heavy atom. The highest BCUT2D eigenvalue weighted by Crippen LogP contribution is 2.28. The number of nitrogens with one attached hydrogen (secondary N) is 1. The lowest BCUT2D eigenvalue weighted by Gasteiger charge is -2.35. The normalized spacial score (nSPS) is 23.6. The van der Waals surface area contributed by atoms with Crippen LogP contribution in [0.2, 0.25) is 0 Å². The average molecular weight is 286 g/mol. The van der Waals surface area contributed by atoms with Crippen LogP contribution in [0.25, 0.3) is 0 Å². The van der Waals surface area contributed by atoms with Gasteiger partial charge in [0.15, 0.2) is 0 Å². The van der Waals surface area contributed by atoms with E-state index >= 15 is 0 Å². The number of rotatable bonds is 5. The van der Waals surface area contributed by atoms with E-state index in [1.165, 1.54) is 50.2 Å². The zero-order valence-electron chi connectivity index (χ0n) is 13.0. The zero-order chi connectivity index (χ0) is 14.2. The summed E-state index contributed by atoms with van der Waals surface area (Å²) < 4.78 is 0. The van der Waals surface area contributed by atoms with Crippen LogP contribution in [0.1, 0.15) is 36.9 Å². The highest BCUT2D eigenvalue weighted by molar-refractivity contribution is 5.43. The number of pyridine rings is 1. The number of hydrogen-bond acceptors (Lipinski definition) is 4. The van der Waals surface area contributed by atoms with Crippen molar-refractivity contribution in [3.8, 4) is 0 Å². The summed E-state index contributed by atoms with van der Waals surface area (Å²) >= 11 is 0. The molecule has 0 atom stereocenters. The van der Waals surface area contributed by atoms with E-state index in [1.54, 1.807) is 0 Å². The first-order valence-corrected chi connectivity index (χ1v) is 8.48. The first-order valence-electron chi connectivity index (χ1n) is 8.48. The SMILES string of the molecule is Cc1cc(CNC2CC2)cc(N2CCN(C3CC3)CC2)n1. The van der Waals surface area contributed by atoms with Crippen LogP contribution in [-0.2, 0) is 6.54 Å². The average Bonchev–Trinajstić information content (AvgIpc) is 3.39. The molecule has 2 saturated carbocycles. The number of hydrogen-bond donors (Lipinski definition) is 1. The summed E-state index contributed by atoms with van der Waals surface area (Å²) in [6, 6.07) is 6.18. The largest absolute Gasteiger partial charge is 0.354 e. The van der Waals surface area contributed by atoms with Gasteiger partial charge in [-0.05, 0) is 50.3 Å². The fourth-order valence-electron chi connectivity index (χ4n) is 3.29. The van der Waals surface area contributed by atoms with Crippen molar-refractivity contribution in [3.63, 3.8) is 0 Å². The summed E-state index contributed by atoms with van der Waals surface area (Å²) in [6.45, 7) is 7.77. The Labute approximate surface area is 127 Å². The fraction of sp³-hybridized carbons (Fsp3) is 0.706. The van der Waals surface area contributed by atoms with Gasteiger partial charge in [0, 0.05) is 50.5 Å². The van der Waals surface area contributed by atoms with Crippen molar-refractivity contribution in [3.05, 3.63) is 23.4 Å². The van der Waals surface area contributed by atoms with Crippen LogP contribution < -0.4 is 10.2 Å². The fourth-order valence-corrected chi connectivity index (χ4v) is 3.29. The molecule has 4 nitrogen and oxygen atoms in total. The Morgan fingerprint density at radius 1 is 1.10 bits per heavy atom. The predicted molar refractivity (Wildman–Crippen MR) is 85.6 cm³/mol. The summed E-state index contributed by atoms with van der Waals surface area (Å²) in [6.07, 6.45) is 5.53. The molecule has 114 valence electrons. The summed E-state index contributed by atoms with van der Waals surface area (Å²) in [4.78, 5) is 9.88. The van der Waals surface area contributed by atoms with Gasteiger partial charge < -0.3 is 10.2 Å². The maximum atomic E-state index is 4.77. The molecule has 2 aliphatic carbocycles. The molecular weight excluding hydrogens is 260 g/mol. The van der Waals surface area contributed by atoms with Gasteiger partial charge in [-0.3, -0.25) is 4.90 Å². The molecule has 2 heterocycles. The minimum Gasteiger partial charge on any atom is -0.354 e. The maximum absolute atomic E-state index is 4.77. The lowest BCUT2D eigenvalue weighted by atomic mass is 10.2. The first-order chi connectivity index (χ1) is 10.3. The van der Waals surface area contributed by atoms with E-state index in [9.17, 15) is 0 Å². The van der Waals surface area contributed by atoms with Crippen LogP contribution in [0, 0.1) is 6.92 Å². The molecule has 0 amide bonds. The molecule has 0 aromatic carbocycles. The second-order valence-electron chi connectivity index (χ2n) is 6.88. The molecule has 1 saturated heterocycles. The first kappa shape index (κ1) is 13.5. The van der Waals surface area contributed by atoms with Crippen molar-refractivity contribution >= 4 is 5.82 Å². The van der Waals surface area contributed by atoms with Gasteiger partial charge in [-0.15, -0.1) is 0 Å².